The number of nitrogen functional groups attached to an aromatic ring is 1. The number of aliphatic hydroxyl groups excluding tert-OH is 1. The zero-order valence-electron chi connectivity index (χ0n) is 19.8. The summed E-state index contributed by atoms with van der Waals surface area (Å²) in [5.41, 5.74) is 8.03. The third-order valence-electron chi connectivity index (χ3n) is 6.41. The number of rotatable bonds is 7. The molecule has 6 nitrogen and oxygen atoms in total. The summed E-state index contributed by atoms with van der Waals surface area (Å²) in [6.07, 6.45) is 1.51. The van der Waals surface area contributed by atoms with E-state index in [9.17, 15) is 15.0 Å². The fraction of sp³-hybridized carbons (Fsp3) is 0.385. The highest BCUT2D eigenvalue weighted by molar-refractivity contribution is 8.04. The van der Waals surface area contributed by atoms with Gasteiger partial charge in [-0.05, 0) is 60.1 Å². The lowest BCUT2D eigenvalue weighted by Crippen LogP contribution is -2.44. The molecule has 1 atom stereocenters. The molecule has 0 saturated carbocycles. The number of aromatic nitrogens is 1. The number of carbonyl (C=O) groups excluding carboxylic acids is 1. The molecule has 180 valence electrons. The van der Waals surface area contributed by atoms with E-state index >= 15 is 0 Å². The number of phenols is 1. The summed E-state index contributed by atoms with van der Waals surface area (Å²) in [6.45, 7) is 8.19. The first-order chi connectivity index (χ1) is 16.1. The Balaban J connectivity index is 1.62. The summed E-state index contributed by atoms with van der Waals surface area (Å²) in [4.78, 5) is 18.7. The van der Waals surface area contributed by atoms with Crippen LogP contribution >= 0.6 is 23.1 Å². The first-order valence-corrected chi connectivity index (χ1v) is 13.0. The van der Waals surface area contributed by atoms with Crippen LogP contribution < -0.4 is 5.73 Å². The maximum Gasteiger partial charge on any atom is 0.349 e. The van der Waals surface area contributed by atoms with Crippen molar-refractivity contribution in [3.63, 3.8) is 0 Å². The van der Waals surface area contributed by atoms with Crippen LogP contribution in [0.2, 0.25) is 0 Å². The van der Waals surface area contributed by atoms with Gasteiger partial charge in [-0.15, -0.1) is 0 Å². The second-order valence-corrected chi connectivity index (χ2v) is 11.5. The number of aliphatic hydroxyl groups is 1. The van der Waals surface area contributed by atoms with Crippen LogP contribution in [0.3, 0.4) is 0 Å². The SMILES string of the molecule is CC(C)c1cc2nc(N)sc2cc1SC1=C(O)CC(CCc2ccc(O)cc2)(C(C)C)OC1=O. The molecular formula is C26H30N2O4S2. The van der Waals surface area contributed by atoms with E-state index < -0.39 is 11.6 Å². The van der Waals surface area contributed by atoms with E-state index in [1.165, 1.54) is 23.1 Å². The van der Waals surface area contributed by atoms with E-state index in [1.807, 2.05) is 38.1 Å². The number of thioether (sulfide) groups is 1. The predicted octanol–water partition coefficient (Wildman–Crippen LogP) is 6.54. The van der Waals surface area contributed by atoms with Crippen LogP contribution in [0.25, 0.3) is 10.2 Å². The van der Waals surface area contributed by atoms with E-state index in [0.717, 1.165) is 26.2 Å². The van der Waals surface area contributed by atoms with Gasteiger partial charge in [0.15, 0.2) is 5.13 Å². The lowest BCUT2D eigenvalue weighted by Gasteiger charge is -2.40. The number of aromatic hydroxyl groups is 1. The summed E-state index contributed by atoms with van der Waals surface area (Å²) in [7, 11) is 0. The number of anilines is 1. The third-order valence-corrected chi connectivity index (χ3v) is 8.43. The Bertz CT molecular complexity index is 1250. The number of phenolic OH excluding ortho intramolecular Hbond substituents is 1. The first-order valence-electron chi connectivity index (χ1n) is 11.4. The molecule has 0 spiro atoms. The summed E-state index contributed by atoms with van der Waals surface area (Å²) < 4.78 is 7.01. The molecule has 1 aliphatic rings. The molecule has 0 amide bonds. The van der Waals surface area contributed by atoms with Crippen molar-refractivity contribution < 1.29 is 19.7 Å². The van der Waals surface area contributed by atoms with Crippen LogP contribution in [0, 0.1) is 5.92 Å². The summed E-state index contributed by atoms with van der Waals surface area (Å²) >= 11 is 2.66. The molecule has 1 aliphatic heterocycles. The maximum atomic E-state index is 13.2. The van der Waals surface area contributed by atoms with Gasteiger partial charge in [-0.2, -0.15) is 0 Å². The third kappa shape index (κ3) is 4.88. The molecule has 1 unspecified atom stereocenters. The molecule has 2 aromatic carbocycles. The van der Waals surface area contributed by atoms with Gasteiger partial charge in [-0.25, -0.2) is 9.78 Å². The number of nitrogens with two attached hydrogens (primary N) is 1. The minimum absolute atomic E-state index is 0.0185. The minimum atomic E-state index is -0.792. The van der Waals surface area contributed by atoms with Crippen molar-refractivity contribution in [3.05, 3.63) is 58.2 Å². The smallest absolute Gasteiger partial charge is 0.349 e. The largest absolute Gasteiger partial charge is 0.511 e. The summed E-state index contributed by atoms with van der Waals surface area (Å²) in [6, 6.07) is 11.0. The number of cyclic esters (lactones) is 1. The van der Waals surface area contributed by atoms with Gasteiger partial charge in [0.25, 0.3) is 0 Å². The highest BCUT2D eigenvalue weighted by Crippen LogP contribution is 2.45. The number of hydrogen-bond donors (Lipinski definition) is 3. The van der Waals surface area contributed by atoms with E-state index in [2.05, 4.69) is 18.8 Å². The molecule has 34 heavy (non-hydrogen) atoms. The van der Waals surface area contributed by atoms with Gasteiger partial charge in [0, 0.05) is 11.3 Å². The predicted molar refractivity (Wildman–Crippen MR) is 138 cm³/mol. The van der Waals surface area contributed by atoms with Crippen molar-refractivity contribution in [2.24, 2.45) is 5.92 Å². The average Bonchev–Trinajstić information content (AvgIpc) is 3.14. The highest BCUT2D eigenvalue weighted by atomic mass is 32.2. The van der Waals surface area contributed by atoms with Crippen LogP contribution in [-0.2, 0) is 16.0 Å². The molecule has 4 rings (SSSR count). The van der Waals surface area contributed by atoms with Gasteiger partial charge in [0.05, 0.1) is 10.2 Å². The number of carbonyl (C=O) groups is 1. The van der Waals surface area contributed by atoms with Gasteiger partial charge in [0.1, 0.15) is 22.0 Å². The zero-order valence-corrected chi connectivity index (χ0v) is 21.4. The number of ether oxygens (including phenoxy) is 1. The number of fused-ring (bicyclic) bond motifs is 1. The van der Waals surface area contributed by atoms with Gasteiger partial charge in [-0.1, -0.05) is 62.9 Å². The van der Waals surface area contributed by atoms with Crippen LogP contribution in [-0.4, -0.2) is 26.8 Å². The molecule has 0 bridgehead atoms. The number of hydrogen-bond acceptors (Lipinski definition) is 8. The topological polar surface area (TPSA) is 106 Å². The number of aryl methyl sites for hydroxylation is 1. The van der Waals surface area contributed by atoms with E-state index in [4.69, 9.17) is 10.5 Å². The van der Waals surface area contributed by atoms with Gasteiger partial charge >= 0.3 is 5.97 Å². The van der Waals surface area contributed by atoms with Crippen molar-refractivity contribution in [2.75, 3.05) is 5.73 Å². The fourth-order valence-corrected chi connectivity index (χ4v) is 6.21. The highest BCUT2D eigenvalue weighted by Gasteiger charge is 2.44. The number of nitrogens with zero attached hydrogens (tertiary/aromatic N) is 1. The van der Waals surface area contributed by atoms with Gasteiger partial charge in [0.2, 0.25) is 0 Å². The van der Waals surface area contributed by atoms with Crippen molar-refractivity contribution in [1.29, 1.82) is 0 Å². The van der Waals surface area contributed by atoms with Gasteiger partial charge in [-0.3, -0.25) is 0 Å². The van der Waals surface area contributed by atoms with Crippen LogP contribution in [0.4, 0.5) is 5.13 Å². The second kappa shape index (κ2) is 9.50. The molecule has 0 radical (unpaired) electrons. The van der Waals surface area contributed by atoms with E-state index in [1.54, 1.807) is 12.1 Å². The number of thiazole rings is 1. The lowest BCUT2D eigenvalue weighted by molar-refractivity contribution is -0.164. The Morgan fingerprint density at radius 1 is 1.18 bits per heavy atom. The summed E-state index contributed by atoms with van der Waals surface area (Å²) in [5.74, 6) is 0.0157. The fourth-order valence-electron chi connectivity index (χ4n) is 4.26. The van der Waals surface area contributed by atoms with Crippen LogP contribution in [0.5, 0.6) is 5.75 Å². The Hall–Kier alpha value is -2.71. The van der Waals surface area contributed by atoms with Crippen molar-refractivity contribution in [1.82, 2.24) is 4.98 Å². The Morgan fingerprint density at radius 3 is 2.50 bits per heavy atom. The van der Waals surface area contributed by atoms with Crippen LogP contribution in [0.15, 0.2) is 52.0 Å². The van der Waals surface area contributed by atoms with Crippen molar-refractivity contribution in [3.8, 4) is 5.75 Å². The van der Waals surface area contributed by atoms with Gasteiger partial charge < -0.3 is 20.7 Å². The second-order valence-electron chi connectivity index (χ2n) is 9.39. The minimum Gasteiger partial charge on any atom is -0.511 e. The molecule has 1 aromatic heterocycles. The maximum absolute atomic E-state index is 13.2. The average molecular weight is 499 g/mol. The molecule has 8 heteroatoms. The van der Waals surface area contributed by atoms with E-state index in [0.29, 0.717) is 18.0 Å². The van der Waals surface area contributed by atoms with Crippen molar-refractivity contribution in [2.45, 2.75) is 63.4 Å². The Morgan fingerprint density at radius 2 is 1.88 bits per heavy atom. The summed E-state index contributed by atoms with van der Waals surface area (Å²) in [5, 5.41) is 21.1. The quantitative estimate of drug-likeness (QED) is 0.317. The molecule has 3 aromatic rings. The standard InChI is InChI=1S/C26H30N2O4S2/c1-14(2)18-11-19-22(34-25(27)28-19)12-21(18)33-23-20(30)13-26(15(3)4,32-24(23)31)10-9-16-5-7-17(29)8-6-16/h5-8,11-12,14-15,29-30H,9-10,13H2,1-4H3,(H2,27,28). The van der Waals surface area contributed by atoms with Crippen LogP contribution in [0.1, 0.15) is 57.6 Å². The van der Waals surface area contributed by atoms with E-state index in [-0.39, 0.29) is 34.7 Å². The zero-order chi connectivity index (χ0) is 24.6. The molecule has 0 aliphatic carbocycles. The Kier molecular flexibility index (Phi) is 6.82. The molecule has 0 saturated heterocycles. The number of benzene rings is 2. The first kappa shape index (κ1) is 24.4. The normalized spacial score (nSPS) is 18.8. The van der Waals surface area contributed by atoms with Crippen molar-refractivity contribution >= 4 is 44.4 Å². The molecule has 2 heterocycles. The molecule has 4 N–H and O–H groups in total. The lowest BCUT2D eigenvalue weighted by atomic mass is 9.80. The monoisotopic (exact) mass is 498 g/mol. The molecule has 0 fully saturated rings. The Labute approximate surface area is 207 Å². The molecular weight excluding hydrogens is 468 g/mol. The number of esters is 1.